The first-order valence-electron chi connectivity index (χ1n) is 8.08. The lowest BCUT2D eigenvalue weighted by atomic mass is 10.1. The summed E-state index contributed by atoms with van der Waals surface area (Å²) in [5.74, 6) is -0.258. The quantitative estimate of drug-likeness (QED) is 0.526. The second-order valence-electron chi connectivity index (χ2n) is 5.96. The molecule has 0 radical (unpaired) electrons. The molecular formula is C19H15N3O2S2. The molecule has 0 saturated heterocycles. The van der Waals surface area contributed by atoms with E-state index in [2.05, 4.69) is 10.3 Å². The largest absolute Gasteiger partial charge is 0.345 e. The minimum atomic E-state index is -0.258. The normalized spacial score (nSPS) is 12.3. The molecule has 0 spiro atoms. The Hall–Kier alpha value is -2.77. The fraction of sp³-hybridized carbons (Fsp3) is 0.105. The number of aromatic amines is 1. The summed E-state index contributed by atoms with van der Waals surface area (Å²) in [6.45, 7) is 1.92. The van der Waals surface area contributed by atoms with Gasteiger partial charge in [0.1, 0.15) is 10.5 Å². The highest BCUT2D eigenvalue weighted by Gasteiger charge is 2.19. The number of para-hydroxylation sites is 1. The van der Waals surface area contributed by atoms with E-state index in [1.165, 1.54) is 11.3 Å². The number of hydrogen-bond donors (Lipinski definition) is 2. The van der Waals surface area contributed by atoms with Crippen molar-refractivity contribution in [2.24, 2.45) is 0 Å². The monoisotopic (exact) mass is 381 g/mol. The van der Waals surface area contributed by atoms with Crippen LogP contribution in [0.5, 0.6) is 0 Å². The van der Waals surface area contributed by atoms with Gasteiger partial charge in [-0.1, -0.05) is 53.8 Å². The summed E-state index contributed by atoms with van der Waals surface area (Å²) < 4.78 is 2.27. The number of nitrogens with zero attached hydrogens (tertiary/aromatic N) is 1. The molecule has 2 aromatic carbocycles. The van der Waals surface area contributed by atoms with Crippen LogP contribution in [0, 0.1) is 3.95 Å². The summed E-state index contributed by atoms with van der Waals surface area (Å²) in [5.41, 5.74) is 1.90. The SMILES string of the molecule is CC(NC(=O)c1sc(=S)n2c1[nH]c(=O)c1ccccc12)c1ccccc1. The van der Waals surface area contributed by atoms with Crippen LogP contribution < -0.4 is 10.9 Å². The molecule has 1 amide bonds. The van der Waals surface area contributed by atoms with Gasteiger partial charge in [-0.05, 0) is 36.8 Å². The predicted octanol–water partition coefficient (Wildman–Crippen LogP) is 4.06. The summed E-state index contributed by atoms with van der Waals surface area (Å²) in [6, 6.07) is 16.8. The molecule has 4 rings (SSSR count). The molecule has 130 valence electrons. The van der Waals surface area contributed by atoms with E-state index < -0.39 is 0 Å². The molecule has 0 bridgehead atoms. The summed E-state index contributed by atoms with van der Waals surface area (Å²) >= 11 is 6.64. The molecule has 5 nitrogen and oxygen atoms in total. The molecule has 7 heteroatoms. The second kappa shape index (κ2) is 6.51. The van der Waals surface area contributed by atoms with Gasteiger partial charge in [-0.2, -0.15) is 0 Å². The van der Waals surface area contributed by atoms with Crippen molar-refractivity contribution in [2.45, 2.75) is 13.0 Å². The third-order valence-electron chi connectivity index (χ3n) is 4.29. The van der Waals surface area contributed by atoms with Gasteiger partial charge < -0.3 is 10.3 Å². The zero-order valence-electron chi connectivity index (χ0n) is 13.9. The van der Waals surface area contributed by atoms with Gasteiger partial charge in [0.15, 0.2) is 3.95 Å². The number of amides is 1. The second-order valence-corrected chi connectivity index (χ2v) is 7.60. The van der Waals surface area contributed by atoms with Crippen LogP contribution in [0.1, 0.15) is 28.2 Å². The number of H-pyrrole nitrogens is 1. The average molecular weight is 381 g/mol. The van der Waals surface area contributed by atoms with Gasteiger partial charge in [0.2, 0.25) is 0 Å². The lowest BCUT2D eigenvalue weighted by molar-refractivity contribution is 0.0945. The van der Waals surface area contributed by atoms with Crippen molar-refractivity contribution in [1.82, 2.24) is 14.7 Å². The van der Waals surface area contributed by atoms with Crippen LogP contribution in [0.4, 0.5) is 0 Å². The van der Waals surface area contributed by atoms with Crippen LogP contribution >= 0.6 is 23.6 Å². The van der Waals surface area contributed by atoms with Gasteiger partial charge in [0.05, 0.1) is 16.9 Å². The average Bonchev–Trinajstić information content (AvgIpc) is 2.99. The van der Waals surface area contributed by atoms with E-state index in [0.717, 1.165) is 5.56 Å². The Morgan fingerprint density at radius 3 is 2.62 bits per heavy atom. The maximum absolute atomic E-state index is 12.8. The Balaban J connectivity index is 1.81. The van der Waals surface area contributed by atoms with Gasteiger partial charge in [-0.3, -0.25) is 14.0 Å². The van der Waals surface area contributed by atoms with E-state index in [1.807, 2.05) is 49.4 Å². The van der Waals surface area contributed by atoms with E-state index in [-0.39, 0.29) is 17.5 Å². The third-order valence-corrected chi connectivity index (χ3v) is 5.66. The molecule has 26 heavy (non-hydrogen) atoms. The number of thiazole rings is 1. The van der Waals surface area contributed by atoms with E-state index in [4.69, 9.17) is 12.2 Å². The molecule has 4 aromatic rings. The number of hydrogen-bond acceptors (Lipinski definition) is 4. The molecular weight excluding hydrogens is 366 g/mol. The fourth-order valence-corrected chi connectivity index (χ4v) is 4.27. The van der Waals surface area contributed by atoms with Gasteiger partial charge >= 0.3 is 0 Å². The maximum atomic E-state index is 12.8. The minimum absolute atomic E-state index is 0.161. The van der Waals surface area contributed by atoms with Gasteiger partial charge in [-0.25, -0.2) is 0 Å². The molecule has 2 N–H and O–H groups in total. The molecule has 0 aliphatic heterocycles. The molecule has 0 aliphatic rings. The number of nitrogens with one attached hydrogen (secondary N) is 2. The van der Waals surface area contributed by atoms with Crippen LogP contribution in [0.15, 0.2) is 59.4 Å². The highest BCUT2D eigenvalue weighted by molar-refractivity contribution is 7.73. The van der Waals surface area contributed by atoms with Crippen molar-refractivity contribution >= 4 is 46.0 Å². The maximum Gasteiger partial charge on any atom is 0.265 e. The van der Waals surface area contributed by atoms with E-state index in [1.54, 1.807) is 16.5 Å². The van der Waals surface area contributed by atoms with Gasteiger partial charge in [0, 0.05) is 0 Å². The molecule has 2 heterocycles. The van der Waals surface area contributed by atoms with Crippen molar-refractivity contribution in [3.8, 4) is 0 Å². The summed E-state index contributed by atoms with van der Waals surface area (Å²) in [5, 5.41) is 3.52. The predicted molar refractivity (Wildman–Crippen MR) is 107 cm³/mol. The van der Waals surface area contributed by atoms with Crippen LogP contribution in [0.3, 0.4) is 0 Å². The van der Waals surface area contributed by atoms with Crippen molar-refractivity contribution in [3.63, 3.8) is 0 Å². The first kappa shape index (κ1) is 16.7. The van der Waals surface area contributed by atoms with Crippen LogP contribution in [0.2, 0.25) is 0 Å². The number of rotatable bonds is 3. The number of carbonyl (C=O) groups is 1. The third kappa shape index (κ3) is 2.75. The van der Waals surface area contributed by atoms with E-state index >= 15 is 0 Å². The van der Waals surface area contributed by atoms with Crippen molar-refractivity contribution in [2.75, 3.05) is 0 Å². The first-order valence-corrected chi connectivity index (χ1v) is 9.31. The highest BCUT2D eigenvalue weighted by Crippen LogP contribution is 2.23. The van der Waals surface area contributed by atoms with E-state index in [9.17, 15) is 9.59 Å². The van der Waals surface area contributed by atoms with Crippen LogP contribution in [0.25, 0.3) is 16.6 Å². The minimum Gasteiger partial charge on any atom is -0.345 e. The van der Waals surface area contributed by atoms with Crippen LogP contribution in [-0.4, -0.2) is 15.3 Å². The van der Waals surface area contributed by atoms with Crippen molar-refractivity contribution < 1.29 is 4.79 Å². The number of benzene rings is 2. The molecule has 0 aliphatic carbocycles. The highest BCUT2D eigenvalue weighted by atomic mass is 32.1. The Morgan fingerprint density at radius 1 is 1.15 bits per heavy atom. The Kier molecular flexibility index (Phi) is 4.18. The lowest BCUT2D eigenvalue weighted by Gasteiger charge is -2.13. The zero-order valence-corrected chi connectivity index (χ0v) is 15.5. The smallest absolute Gasteiger partial charge is 0.265 e. The standard InChI is InChI=1S/C19H15N3O2S2/c1-11(12-7-3-2-4-8-12)20-18(24)15-16-21-17(23)13-9-5-6-10-14(13)22(16)19(25)26-15/h2-11H,1H3,(H,20,24)(H,21,23). The van der Waals surface area contributed by atoms with E-state index in [0.29, 0.717) is 25.4 Å². The van der Waals surface area contributed by atoms with Crippen molar-refractivity contribution in [1.29, 1.82) is 0 Å². The fourth-order valence-electron chi connectivity index (χ4n) is 2.98. The number of fused-ring (bicyclic) bond motifs is 3. The van der Waals surface area contributed by atoms with Crippen molar-refractivity contribution in [3.05, 3.63) is 79.3 Å². The zero-order chi connectivity index (χ0) is 18.3. The lowest BCUT2D eigenvalue weighted by Crippen LogP contribution is -2.26. The van der Waals surface area contributed by atoms with Crippen LogP contribution in [-0.2, 0) is 0 Å². The number of aromatic nitrogens is 2. The topological polar surface area (TPSA) is 66.4 Å². The summed E-state index contributed by atoms with van der Waals surface area (Å²) in [4.78, 5) is 28.4. The molecule has 1 atom stereocenters. The Bertz CT molecular complexity index is 1240. The Labute approximate surface area is 157 Å². The first-order chi connectivity index (χ1) is 12.6. The Morgan fingerprint density at radius 2 is 1.85 bits per heavy atom. The molecule has 2 aromatic heterocycles. The van der Waals surface area contributed by atoms with Gasteiger partial charge in [0.25, 0.3) is 11.5 Å². The molecule has 1 unspecified atom stereocenters. The summed E-state index contributed by atoms with van der Waals surface area (Å²) in [7, 11) is 0. The molecule has 0 fully saturated rings. The number of carbonyl (C=O) groups excluding carboxylic acids is 1. The van der Waals surface area contributed by atoms with Gasteiger partial charge in [-0.15, -0.1) is 0 Å². The molecule has 0 saturated carbocycles. The summed E-state index contributed by atoms with van der Waals surface area (Å²) in [6.07, 6.45) is 0.